The maximum absolute atomic E-state index is 12.0. The third kappa shape index (κ3) is 3.36. The molecule has 20 heavy (non-hydrogen) atoms. The number of aromatic nitrogens is 2. The molecule has 0 aliphatic carbocycles. The van der Waals surface area contributed by atoms with Gasteiger partial charge in [0.15, 0.2) is 0 Å². The van der Waals surface area contributed by atoms with E-state index in [1.807, 2.05) is 0 Å². The Kier molecular flexibility index (Phi) is 4.37. The van der Waals surface area contributed by atoms with Crippen LogP contribution in [-0.2, 0) is 11.2 Å². The Labute approximate surface area is 119 Å². The second-order valence-electron chi connectivity index (χ2n) is 4.13. The first-order valence-corrected chi connectivity index (χ1v) is 6.21. The molecule has 1 heterocycles. The molecule has 0 radical (unpaired) electrons. The van der Waals surface area contributed by atoms with Crippen molar-refractivity contribution in [3.05, 3.63) is 53.1 Å². The molecule has 0 fully saturated rings. The summed E-state index contributed by atoms with van der Waals surface area (Å²) in [7, 11) is 0. The summed E-state index contributed by atoms with van der Waals surface area (Å²) in [5, 5.41) is 11.9. The summed E-state index contributed by atoms with van der Waals surface area (Å²) in [6.45, 7) is 0. The molecule has 0 unspecified atom stereocenters. The Hall–Kier alpha value is -2.34. The number of halogens is 1. The molecule has 7 heteroatoms. The minimum Gasteiger partial charge on any atom is -0.480 e. The molecular weight excluding hydrogens is 282 g/mol. The Morgan fingerprint density at radius 2 is 2.15 bits per heavy atom. The predicted molar refractivity (Wildman–Crippen MR) is 72.6 cm³/mol. The lowest BCUT2D eigenvalue weighted by molar-refractivity contribution is -0.139. The van der Waals surface area contributed by atoms with Gasteiger partial charge in [-0.15, -0.1) is 0 Å². The molecular formula is C13H12ClN3O3. The predicted octanol–water partition coefficient (Wildman–Crippen LogP) is 1.49. The van der Waals surface area contributed by atoms with Crippen molar-refractivity contribution >= 4 is 23.5 Å². The zero-order chi connectivity index (χ0) is 14.5. The van der Waals surface area contributed by atoms with Crippen LogP contribution in [0.4, 0.5) is 0 Å². The zero-order valence-corrected chi connectivity index (χ0v) is 11.1. The van der Waals surface area contributed by atoms with Crippen LogP contribution in [0.25, 0.3) is 0 Å². The third-order valence-corrected chi connectivity index (χ3v) is 3.03. The molecule has 1 aromatic heterocycles. The first kappa shape index (κ1) is 14.1. The number of amides is 1. The summed E-state index contributed by atoms with van der Waals surface area (Å²) < 4.78 is 0. The van der Waals surface area contributed by atoms with E-state index in [2.05, 4.69) is 15.3 Å². The van der Waals surface area contributed by atoms with E-state index < -0.39 is 17.9 Å². The van der Waals surface area contributed by atoms with Crippen molar-refractivity contribution in [2.45, 2.75) is 12.5 Å². The van der Waals surface area contributed by atoms with E-state index in [4.69, 9.17) is 16.7 Å². The van der Waals surface area contributed by atoms with Gasteiger partial charge < -0.3 is 15.4 Å². The number of carboxylic acid groups (broad SMARTS) is 1. The minimum atomic E-state index is -1.12. The van der Waals surface area contributed by atoms with Gasteiger partial charge in [0, 0.05) is 18.3 Å². The van der Waals surface area contributed by atoms with E-state index >= 15 is 0 Å². The number of rotatable bonds is 5. The molecule has 104 valence electrons. The topological polar surface area (TPSA) is 95.1 Å². The molecule has 3 N–H and O–H groups in total. The van der Waals surface area contributed by atoms with Crippen molar-refractivity contribution in [2.24, 2.45) is 0 Å². The van der Waals surface area contributed by atoms with Gasteiger partial charge in [0.05, 0.1) is 16.9 Å². The third-order valence-electron chi connectivity index (χ3n) is 2.70. The molecule has 2 aromatic rings. The monoisotopic (exact) mass is 293 g/mol. The summed E-state index contributed by atoms with van der Waals surface area (Å²) >= 11 is 5.90. The Bertz CT molecular complexity index is 613. The second-order valence-corrected chi connectivity index (χ2v) is 4.53. The largest absolute Gasteiger partial charge is 0.480 e. The number of hydrogen-bond donors (Lipinski definition) is 3. The number of carbonyl (C=O) groups excluding carboxylic acids is 1. The van der Waals surface area contributed by atoms with Crippen molar-refractivity contribution in [2.75, 3.05) is 0 Å². The van der Waals surface area contributed by atoms with E-state index in [9.17, 15) is 9.59 Å². The summed E-state index contributed by atoms with van der Waals surface area (Å²) in [6.07, 6.45) is 3.08. The maximum atomic E-state index is 12.0. The number of carboxylic acids is 1. The molecule has 1 atom stereocenters. The van der Waals surface area contributed by atoms with Gasteiger partial charge in [0.2, 0.25) is 0 Å². The summed E-state index contributed by atoms with van der Waals surface area (Å²) in [5.41, 5.74) is 0.863. The van der Waals surface area contributed by atoms with Gasteiger partial charge in [-0.3, -0.25) is 4.79 Å². The number of imidazole rings is 1. The average molecular weight is 294 g/mol. The van der Waals surface area contributed by atoms with Crippen LogP contribution in [0.1, 0.15) is 16.1 Å². The number of nitrogens with zero attached hydrogens (tertiary/aromatic N) is 1. The number of benzene rings is 1. The number of aromatic amines is 1. The number of nitrogens with one attached hydrogen (secondary N) is 2. The van der Waals surface area contributed by atoms with Crippen LogP contribution in [0.5, 0.6) is 0 Å². The van der Waals surface area contributed by atoms with Crippen LogP contribution >= 0.6 is 11.6 Å². The molecule has 0 aliphatic heterocycles. The van der Waals surface area contributed by atoms with Gasteiger partial charge in [0.25, 0.3) is 5.91 Å². The van der Waals surface area contributed by atoms with E-state index in [0.717, 1.165) is 0 Å². The summed E-state index contributed by atoms with van der Waals surface area (Å²) in [6, 6.07) is 5.40. The van der Waals surface area contributed by atoms with Crippen molar-refractivity contribution < 1.29 is 14.7 Å². The molecule has 1 aromatic carbocycles. The number of carbonyl (C=O) groups is 2. The first-order valence-electron chi connectivity index (χ1n) is 5.83. The van der Waals surface area contributed by atoms with Crippen LogP contribution in [0.2, 0.25) is 5.02 Å². The molecule has 0 saturated heterocycles. The molecule has 1 amide bonds. The van der Waals surface area contributed by atoms with Crippen molar-refractivity contribution in [1.82, 2.24) is 15.3 Å². The van der Waals surface area contributed by atoms with Gasteiger partial charge >= 0.3 is 5.97 Å². The van der Waals surface area contributed by atoms with Gasteiger partial charge in [0.1, 0.15) is 6.04 Å². The zero-order valence-electron chi connectivity index (χ0n) is 10.3. The Morgan fingerprint density at radius 1 is 1.40 bits per heavy atom. The summed E-state index contributed by atoms with van der Waals surface area (Å²) in [4.78, 5) is 29.8. The maximum Gasteiger partial charge on any atom is 0.326 e. The van der Waals surface area contributed by atoms with E-state index in [0.29, 0.717) is 5.69 Å². The molecule has 0 spiro atoms. The van der Waals surface area contributed by atoms with Crippen LogP contribution in [0, 0.1) is 0 Å². The molecule has 0 aliphatic rings. The highest BCUT2D eigenvalue weighted by Gasteiger charge is 2.22. The van der Waals surface area contributed by atoms with E-state index in [1.165, 1.54) is 18.6 Å². The van der Waals surface area contributed by atoms with E-state index in [-0.39, 0.29) is 17.0 Å². The van der Waals surface area contributed by atoms with Gasteiger partial charge in [-0.25, -0.2) is 9.78 Å². The normalized spacial score (nSPS) is 11.8. The Morgan fingerprint density at radius 3 is 2.75 bits per heavy atom. The standard InChI is InChI=1S/C13H12ClN3O3/c14-10-4-2-1-3-9(10)12(18)17-11(13(19)20)5-8-6-15-7-16-8/h1-4,6-7,11H,5H2,(H,15,16)(H,17,18)(H,19,20)/t11-/m1/s1. The second kappa shape index (κ2) is 6.21. The van der Waals surface area contributed by atoms with Crippen molar-refractivity contribution in [1.29, 1.82) is 0 Å². The van der Waals surface area contributed by atoms with Crippen LogP contribution in [0.3, 0.4) is 0 Å². The number of aliphatic carboxylic acids is 1. The fraction of sp³-hybridized carbons (Fsp3) is 0.154. The smallest absolute Gasteiger partial charge is 0.326 e. The lowest BCUT2D eigenvalue weighted by Crippen LogP contribution is -2.42. The lowest BCUT2D eigenvalue weighted by Gasteiger charge is -2.14. The fourth-order valence-electron chi connectivity index (χ4n) is 1.70. The number of hydrogen-bond acceptors (Lipinski definition) is 3. The average Bonchev–Trinajstić information content (AvgIpc) is 2.91. The molecule has 2 rings (SSSR count). The van der Waals surface area contributed by atoms with Crippen molar-refractivity contribution in [3.8, 4) is 0 Å². The van der Waals surface area contributed by atoms with Crippen LogP contribution in [-0.4, -0.2) is 33.0 Å². The fourth-order valence-corrected chi connectivity index (χ4v) is 1.92. The first-order chi connectivity index (χ1) is 9.58. The van der Waals surface area contributed by atoms with E-state index in [1.54, 1.807) is 18.2 Å². The number of H-pyrrole nitrogens is 1. The highest BCUT2D eigenvalue weighted by molar-refractivity contribution is 6.33. The lowest BCUT2D eigenvalue weighted by atomic mass is 10.1. The molecule has 0 bridgehead atoms. The van der Waals surface area contributed by atoms with Gasteiger partial charge in [-0.2, -0.15) is 0 Å². The quantitative estimate of drug-likeness (QED) is 0.778. The highest BCUT2D eigenvalue weighted by Crippen LogP contribution is 2.15. The Balaban J connectivity index is 2.10. The SMILES string of the molecule is O=C(N[C@H](Cc1cnc[nH]1)C(=O)O)c1ccccc1Cl. The van der Waals surface area contributed by atoms with Crippen molar-refractivity contribution in [3.63, 3.8) is 0 Å². The molecule has 6 nitrogen and oxygen atoms in total. The van der Waals surface area contributed by atoms with Crippen LogP contribution < -0.4 is 5.32 Å². The van der Waals surface area contributed by atoms with Crippen LogP contribution in [0.15, 0.2) is 36.8 Å². The molecule has 0 saturated carbocycles. The summed E-state index contributed by atoms with van der Waals surface area (Å²) in [5.74, 6) is -1.65. The highest BCUT2D eigenvalue weighted by atomic mass is 35.5. The van der Waals surface area contributed by atoms with Gasteiger partial charge in [-0.05, 0) is 12.1 Å². The minimum absolute atomic E-state index is 0.117. The van der Waals surface area contributed by atoms with Gasteiger partial charge in [-0.1, -0.05) is 23.7 Å².